The summed E-state index contributed by atoms with van der Waals surface area (Å²) in [5.41, 5.74) is -1.67. The van der Waals surface area contributed by atoms with Crippen molar-refractivity contribution in [1.82, 2.24) is 9.55 Å². The molecule has 0 aromatic carbocycles. The van der Waals surface area contributed by atoms with Crippen molar-refractivity contribution in [3.63, 3.8) is 0 Å². The molecule has 25 heavy (non-hydrogen) atoms. The molecule has 0 radical (unpaired) electrons. The van der Waals surface area contributed by atoms with Gasteiger partial charge < -0.3 is 19.7 Å². The van der Waals surface area contributed by atoms with E-state index < -0.39 is 54.1 Å². The number of amides is 1. The van der Waals surface area contributed by atoms with Crippen molar-refractivity contribution in [2.24, 2.45) is 0 Å². The molecule has 1 aromatic rings. The van der Waals surface area contributed by atoms with Crippen molar-refractivity contribution in [2.45, 2.75) is 44.8 Å². The first-order valence-corrected chi connectivity index (χ1v) is 7.45. The second-order valence-electron chi connectivity index (χ2n) is 6.48. The number of hydrogen-bond acceptors (Lipinski definition) is 7. The fourth-order valence-corrected chi connectivity index (χ4v) is 2.20. The smallest absolute Gasteiger partial charge is 0.413 e. The van der Waals surface area contributed by atoms with Crippen molar-refractivity contribution in [3.8, 4) is 0 Å². The molecule has 0 bridgehead atoms. The van der Waals surface area contributed by atoms with E-state index in [0.717, 1.165) is 10.8 Å². The van der Waals surface area contributed by atoms with Gasteiger partial charge in [0.1, 0.15) is 17.8 Å². The monoisotopic (exact) mass is 357 g/mol. The standard InChI is InChI=1S/C15H20FN3O6/c1-7-10(21)9(6-20)24-12(7)19-5-8(16)11(17-13(19)22)18-14(23)25-15(2,3)4/h5,9-10,12,20-21H,1,6H2,2-4H3,(H,17,18,22,23)/t9-,10+,12-/m1/s1. The van der Waals surface area contributed by atoms with Crippen LogP contribution >= 0.6 is 0 Å². The van der Waals surface area contributed by atoms with Gasteiger partial charge in [-0.25, -0.2) is 14.0 Å². The number of aromatic nitrogens is 2. The van der Waals surface area contributed by atoms with Gasteiger partial charge in [-0.1, -0.05) is 6.58 Å². The van der Waals surface area contributed by atoms with Crippen molar-refractivity contribution >= 4 is 11.9 Å². The summed E-state index contributed by atoms with van der Waals surface area (Å²) in [7, 11) is 0. The Labute approximate surface area is 142 Å². The first-order chi connectivity index (χ1) is 11.5. The molecule has 2 rings (SSSR count). The summed E-state index contributed by atoms with van der Waals surface area (Å²) in [6.07, 6.45) is -3.56. The van der Waals surface area contributed by atoms with Crippen LogP contribution in [0.3, 0.4) is 0 Å². The summed E-state index contributed by atoms with van der Waals surface area (Å²) in [5.74, 6) is -1.61. The summed E-state index contributed by atoms with van der Waals surface area (Å²) in [6, 6.07) is 0. The summed E-state index contributed by atoms with van der Waals surface area (Å²) >= 11 is 0. The van der Waals surface area contributed by atoms with E-state index in [-0.39, 0.29) is 5.57 Å². The van der Waals surface area contributed by atoms with Crippen LogP contribution in [-0.2, 0) is 9.47 Å². The van der Waals surface area contributed by atoms with Gasteiger partial charge in [-0.05, 0) is 20.8 Å². The van der Waals surface area contributed by atoms with Crippen molar-refractivity contribution in [2.75, 3.05) is 11.9 Å². The highest BCUT2D eigenvalue weighted by Gasteiger charge is 2.39. The van der Waals surface area contributed by atoms with Gasteiger partial charge in [0.2, 0.25) is 0 Å². The van der Waals surface area contributed by atoms with Gasteiger partial charge >= 0.3 is 11.8 Å². The minimum Gasteiger partial charge on any atom is -0.444 e. The third kappa shape index (κ3) is 4.21. The Morgan fingerprint density at radius 3 is 2.72 bits per heavy atom. The Morgan fingerprint density at radius 2 is 2.20 bits per heavy atom. The lowest BCUT2D eigenvalue weighted by molar-refractivity contribution is -0.0449. The van der Waals surface area contributed by atoms with Gasteiger partial charge in [0, 0.05) is 5.57 Å². The van der Waals surface area contributed by atoms with Crippen LogP contribution < -0.4 is 11.0 Å². The number of aliphatic hydroxyl groups is 2. The van der Waals surface area contributed by atoms with Crippen molar-refractivity contribution in [1.29, 1.82) is 0 Å². The average Bonchev–Trinajstić information content (AvgIpc) is 2.76. The second kappa shape index (κ2) is 6.90. The number of rotatable bonds is 3. The quantitative estimate of drug-likeness (QED) is 0.675. The van der Waals surface area contributed by atoms with Crippen LogP contribution in [-0.4, -0.2) is 50.3 Å². The number of anilines is 1. The number of ether oxygens (including phenoxy) is 2. The van der Waals surface area contributed by atoms with E-state index in [1.807, 2.05) is 0 Å². The molecule has 138 valence electrons. The molecule has 3 atom stereocenters. The number of carbonyl (C=O) groups excluding carboxylic acids is 1. The van der Waals surface area contributed by atoms with Gasteiger partial charge in [0.25, 0.3) is 0 Å². The molecule has 9 nitrogen and oxygen atoms in total. The zero-order valence-electron chi connectivity index (χ0n) is 14.0. The topological polar surface area (TPSA) is 123 Å². The molecule has 0 saturated carbocycles. The van der Waals surface area contributed by atoms with Crippen LogP contribution in [0.4, 0.5) is 15.0 Å². The minimum atomic E-state index is -1.20. The van der Waals surface area contributed by atoms with Crippen LogP contribution in [0.1, 0.15) is 27.0 Å². The third-order valence-electron chi connectivity index (χ3n) is 3.31. The third-order valence-corrected chi connectivity index (χ3v) is 3.31. The first-order valence-electron chi connectivity index (χ1n) is 7.45. The van der Waals surface area contributed by atoms with E-state index in [1.54, 1.807) is 20.8 Å². The molecule has 0 unspecified atom stereocenters. The lowest BCUT2D eigenvalue weighted by atomic mass is 10.1. The van der Waals surface area contributed by atoms with Crippen LogP contribution in [0.25, 0.3) is 0 Å². The van der Waals surface area contributed by atoms with Crippen LogP contribution in [0.2, 0.25) is 0 Å². The van der Waals surface area contributed by atoms with Gasteiger partial charge in [-0.15, -0.1) is 0 Å². The summed E-state index contributed by atoms with van der Waals surface area (Å²) in [6.45, 7) is 7.96. The van der Waals surface area contributed by atoms with Crippen LogP contribution in [0, 0.1) is 5.82 Å². The molecular weight excluding hydrogens is 337 g/mol. The predicted molar refractivity (Wildman–Crippen MR) is 84.5 cm³/mol. The number of hydrogen-bond donors (Lipinski definition) is 3. The summed E-state index contributed by atoms with van der Waals surface area (Å²) < 4.78 is 25.2. The molecule has 10 heteroatoms. The normalized spacial score (nSPS) is 23.6. The minimum absolute atomic E-state index is 0.0789. The summed E-state index contributed by atoms with van der Waals surface area (Å²) in [4.78, 5) is 27.2. The van der Waals surface area contributed by atoms with E-state index in [9.17, 15) is 19.1 Å². The van der Waals surface area contributed by atoms with Gasteiger partial charge in [0.15, 0.2) is 17.9 Å². The molecule has 1 aliphatic rings. The summed E-state index contributed by atoms with van der Waals surface area (Å²) in [5, 5.41) is 21.0. The van der Waals surface area contributed by atoms with E-state index in [4.69, 9.17) is 14.6 Å². The second-order valence-corrected chi connectivity index (χ2v) is 6.48. The highest BCUT2D eigenvalue weighted by molar-refractivity contribution is 5.83. The Hall–Kier alpha value is -2.30. The maximum Gasteiger partial charge on any atom is 0.413 e. The number of nitrogens with zero attached hydrogens (tertiary/aromatic N) is 2. The van der Waals surface area contributed by atoms with Crippen molar-refractivity contribution < 1.29 is 28.9 Å². The Morgan fingerprint density at radius 1 is 1.56 bits per heavy atom. The van der Waals surface area contributed by atoms with Crippen molar-refractivity contribution in [3.05, 3.63) is 34.7 Å². The number of nitrogens with one attached hydrogen (secondary N) is 1. The molecule has 0 aliphatic carbocycles. The molecule has 1 fully saturated rings. The number of halogens is 1. The zero-order chi connectivity index (χ0) is 18.9. The molecule has 2 heterocycles. The molecule has 3 N–H and O–H groups in total. The Kier molecular flexibility index (Phi) is 5.26. The predicted octanol–water partition coefficient (Wildman–Crippen LogP) is 0.536. The molecule has 0 spiro atoms. The Balaban J connectivity index is 2.25. The average molecular weight is 357 g/mol. The van der Waals surface area contributed by atoms with Gasteiger partial charge in [-0.3, -0.25) is 9.88 Å². The van der Waals surface area contributed by atoms with E-state index in [2.05, 4.69) is 16.9 Å². The largest absolute Gasteiger partial charge is 0.444 e. The lowest BCUT2D eigenvalue weighted by Crippen LogP contribution is -2.32. The van der Waals surface area contributed by atoms with E-state index in [1.165, 1.54) is 0 Å². The maximum absolute atomic E-state index is 14.2. The fourth-order valence-electron chi connectivity index (χ4n) is 2.20. The first kappa shape index (κ1) is 19.0. The highest BCUT2D eigenvalue weighted by Crippen LogP contribution is 2.32. The van der Waals surface area contributed by atoms with Crippen LogP contribution in [0.5, 0.6) is 0 Å². The SMILES string of the molecule is C=C1[C@H](n2cc(F)c(NC(=O)OC(C)(C)C)nc2=O)O[C@H](CO)[C@H]1O. The van der Waals surface area contributed by atoms with E-state index >= 15 is 0 Å². The molecule has 1 aromatic heterocycles. The van der Waals surface area contributed by atoms with Gasteiger partial charge in [0.05, 0.1) is 12.8 Å². The Bertz CT molecular complexity index is 742. The number of aliphatic hydroxyl groups excluding tert-OH is 2. The molecular formula is C15H20FN3O6. The maximum atomic E-state index is 14.2. The fraction of sp³-hybridized carbons (Fsp3) is 0.533. The van der Waals surface area contributed by atoms with E-state index in [0.29, 0.717) is 0 Å². The lowest BCUT2D eigenvalue weighted by Gasteiger charge is -2.20. The highest BCUT2D eigenvalue weighted by atomic mass is 19.1. The molecule has 1 aliphatic heterocycles. The molecule has 1 saturated heterocycles. The van der Waals surface area contributed by atoms with Gasteiger partial charge in [-0.2, -0.15) is 4.98 Å². The molecule has 1 amide bonds. The zero-order valence-corrected chi connectivity index (χ0v) is 14.0. The van der Waals surface area contributed by atoms with Crippen LogP contribution in [0.15, 0.2) is 23.1 Å². The number of carbonyl (C=O) groups is 1.